The highest BCUT2D eigenvalue weighted by Gasteiger charge is 2.86. The number of amides is 11. The van der Waals surface area contributed by atoms with E-state index in [0.717, 1.165) is 81.8 Å². The summed E-state index contributed by atoms with van der Waals surface area (Å²) >= 11 is 0. The van der Waals surface area contributed by atoms with Gasteiger partial charge in [-0.05, 0) is 145 Å². The Hall–Kier alpha value is -8.08. The van der Waals surface area contributed by atoms with Gasteiger partial charge in [-0.3, -0.25) is 53.3 Å². The molecule has 2 aromatic rings. The van der Waals surface area contributed by atoms with E-state index in [1.54, 1.807) is 37.5 Å². The van der Waals surface area contributed by atoms with Crippen LogP contribution in [0.1, 0.15) is 252 Å². The van der Waals surface area contributed by atoms with Crippen LogP contribution >= 0.6 is 0 Å². The first kappa shape index (κ1) is 94.4. The van der Waals surface area contributed by atoms with E-state index >= 15 is 0 Å². The number of rotatable bonds is 30. The second-order valence-electron chi connectivity index (χ2n) is 41.5. The Morgan fingerprint density at radius 2 is 0.906 bits per heavy atom. The molecule has 10 rings (SSSR count). The van der Waals surface area contributed by atoms with Crippen molar-refractivity contribution >= 4 is 70.9 Å². The van der Waals surface area contributed by atoms with Crippen LogP contribution in [0.15, 0.2) is 60.7 Å². The fraction of sp³-hybridized carbons (Fsp3) is 0.730. The van der Waals surface area contributed by atoms with E-state index in [4.69, 9.17) is 32.4 Å². The minimum atomic E-state index is -1.09. The second kappa shape index (κ2) is 36.1. The number of benzene rings is 2. The normalized spacial score (nSPS) is 23.6. The first-order valence-corrected chi connectivity index (χ1v) is 42.5. The zero-order chi connectivity index (χ0) is 87.4. The first-order valence-electron chi connectivity index (χ1n) is 42.5. The lowest BCUT2D eigenvalue weighted by atomic mass is 9.73. The number of ketones is 2. The van der Waals surface area contributed by atoms with Gasteiger partial charge in [0.1, 0.15) is 30.3 Å². The quantitative estimate of drug-likeness (QED) is 0.0198. The molecule has 28 heteroatoms. The van der Waals surface area contributed by atoms with E-state index < -0.39 is 111 Å². The number of Topliss-reactive ketones (excluding diaryl/α,β-unsaturated/α-hetero) is 2. The Balaban J connectivity index is 0.000000247. The van der Waals surface area contributed by atoms with Crippen molar-refractivity contribution in [1.82, 2.24) is 52.3 Å². The lowest BCUT2D eigenvalue weighted by Crippen LogP contribution is -2.62. The largest absolute Gasteiger partial charge is 0.445 e. The van der Waals surface area contributed by atoms with Crippen molar-refractivity contribution in [3.05, 3.63) is 71.8 Å². The molecular weight excluding hydrogens is 1490 g/mol. The average Bonchev–Trinajstić information content (AvgIpc) is 1.46. The highest BCUT2D eigenvalue weighted by molar-refractivity contribution is 6.38. The van der Waals surface area contributed by atoms with Crippen molar-refractivity contribution in [2.24, 2.45) is 88.9 Å². The van der Waals surface area contributed by atoms with Crippen LogP contribution in [0.25, 0.3) is 0 Å². The predicted octanol–water partition coefficient (Wildman–Crippen LogP) is 8.37. The van der Waals surface area contributed by atoms with Gasteiger partial charge in [0.05, 0.1) is 43.0 Å². The second-order valence-corrected chi connectivity index (χ2v) is 41.5. The van der Waals surface area contributed by atoms with E-state index in [-0.39, 0.29) is 99.3 Å². The van der Waals surface area contributed by atoms with Gasteiger partial charge in [-0.2, -0.15) is 0 Å². The summed E-state index contributed by atoms with van der Waals surface area (Å²) in [5.74, 6) is -5.25. The predicted molar refractivity (Wildman–Crippen MR) is 448 cm³/mol. The first-order chi connectivity index (χ1) is 54.1. The smallest absolute Gasteiger partial charge is 0.408 e. The van der Waals surface area contributed by atoms with E-state index in [1.807, 2.05) is 144 Å². The Morgan fingerprint density at radius 3 is 1.27 bits per heavy atom. The lowest BCUT2D eigenvalue weighted by molar-refractivity contribution is -0.143. The van der Waals surface area contributed by atoms with Gasteiger partial charge in [-0.1, -0.05) is 223 Å². The van der Waals surface area contributed by atoms with Crippen LogP contribution in [0.2, 0.25) is 0 Å². The summed E-state index contributed by atoms with van der Waals surface area (Å²) in [6, 6.07) is 12.4. The molecule has 8 fully saturated rings. The number of hydrogen-bond acceptors (Lipinski definition) is 17. The van der Waals surface area contributed by atoms with Gasteiger partial charge < -0.3 is 79.4 Å². The van der Waals surface area contributed by atoms with Crippen LogP contribution in [0, 0.1) is 66.0 Å². The number of carbonyl (C=O) groups is 12. The van der Waals surface area contributed by atoms with Crippen molar-refractivity contribution in [3.8, 4) is 0 Å². The molecule has 8 aliphatic rings. The molecule has 652 valence electrons. The Kier molecular flexibility index (Phi) is 29.1. The number of nitrogens with zero attached hydrogens (tertiary/aromatic N) is 2. The van der Waals surface area contributed by atoms with Crippen molar-refractivity contribution < 1.29 is 67.0 Å². The summed E-state index contributed by atoms with van der Waals surface area (Å²) in [7, 11) is 0. The summed E-state index contributed by atoms with van der Waals surface area (Å²) < 4.78 is 10.9. The molecule has 0 bridgehead atoms. The number of nitrogens with two attached hydrogens (primary N) is 4. The summed E-state index contributed by atoms with van der Waals surface area (Å²) in [4.78, 5) is 161. The zero-order valence-electron chi connectivity index (χ0n) is 73.7. The summed E-state index contributed by atoms with van der Waals surface area (Å²) in [6.07, 6.45) is 13.5. The lowest BCUT2D eigenvalue weighted by Gasteiger charge is -2.37. The van der Waals surface area contributed by atoms with E-state index in [0.29, 0.717) is 57.8 Å². The third kappa shape index (κ3) is 20.7. The van der Waals surface area contributed by atoms with Crippen LogP contribution in [0.3, 0.4) is 0 Å². The van der Waals surface area contributed by atoms with Gasteiger partial charge in [-0.15, -0.1) is 0 Å². The van der Waals surface area contributed by atoms with Gasteiger partial charge in [0, 0.05) is 43.1 Å². The summed E-state index contributed by atoms with van der Waals surface area (Å²) in [5.41, 5.74) is 20.8. The molecule has 2 heterocycles. The molecule has 6 saturated carbocycles. The molecule has 2 unspecified atom stereocenters. The van der Waals surface area contributed by atoms with Crippen LogP contribution in [-0.2, 0) is 70.6 Å². The summed E-state index contributed by atoms with van der Waals surface area (Å²) in [6.45, 7) is 41.0. The van der Waals surface area contributed by atoms with Gasteiger partial charge in [0.2, 0.25) is 47.0 Å². The fourth-order valence-corrected chi connectivity index (χ4v) is 19.1. The minimum absolute atomic E-state index is 0.00754. The van der Waals surface area contributed by atoms with Gasteiger partial charge in [-0.25, -0.2) is 9.59 Å². The maximum Gasteiger partial charge on any atom is 0.408 e. The van der Waals surface area contributed by atoms with Crippen molar-refractivity contribution in [2.75, 3.05) is 32.9 Å². The maximum atomic E-state index is 14.9. The van der Waals surface area contributed by atoms with Crippen molar-refractivity contribution in [1.29, 1.82) is 0 Å². The third-order valence-electron chi connectivity index (χ3n) is 28.6. The number of primary amides is 2. The van der Waals surface area contributed by atoms with Crippen molar-refractivity contribution in [3.63, 3.8) is 0 Å². The molecule has 117 heavy (non-hydrogen) atoms. The Labute approximate surface area is 694 Å². The van der Waals surface area contributed by atoms with Gasteiger partial charge in [0.15, 0.2) is 0 Å². The molecule has 10 atom stereocenters. The van der Waals surface area contributed by atoms with Crippen LogP contribution in [-0.4, -0.2) is 173 Å². The Bertz CT molecular complexity index is 3930. The summed E-state index contributed by atoms with van der Waals surface area (Å²) in [5, 5.41) is 23.2. The molecule has 0 radical (unpaired) electrons. The van der Waals surface area contributed by atoms with E-state index in [9.17, 15) is 57.5 Å². The molecule has 11 amide bonds. The minimum Gasteiger partial charge on any atom is -0.445 e. The topological polar surface area (TPSA) is 430 Å². The fourth-order valence-electron chi connectivity index (χ4n) is 19.1. The number of likely N-dealkylation sites (tertiary alicyclic amines) is 2. The highest BCUT2D eigenvalue weighted by atomic mass is 16.5. The zero-order valence-corrected chi connectivity index (χ0v) is 73.7. The maximum absolute atomic E-state index is 14.9. The molecule has 16 N–H and O–H groups in total. The molecule has 6 aliphatic carbocycles. The highest BCUT2D eigenvalue weighted by Crippen LogP contribution is 2.89. The monoisotopic (exact) mass is 1630 g/mol. The van der Waals surface area contributed by atoms with E-state index in [1.165, 1.54) is 6.42 Å². The molecule has 0 aromatic heterocycles. The molecule has 28 nitrogen and oxygen atoms in total. The van der Waals surface area contributed by atoms with Crippen LogP contribution in [0.4, 0.5) is 9.59 Å². The number of carbonyl (C=O) groups excluding carboxylic acids is 12. The molecule has 2 aliphatic heterocycles. The molecule has 2 saturated heterocycles. The number of alkyl carbamates (subject to hydrolysis) is 1. The molecule has 2 aromatic carbocycles. The van der Waals surface area contributed by atoms with Gasteiger partial charge in [0.25, 0.3) is 11.8 Å². The number of ether oxygens (including phenoxy) is 2. The molecular formula is C89H142N14O14. The van der Waals surface area contributed by atoms with E-state index in [2.05, 4.69) is 70.2 Å². The van der Waals surface area contributed by atoms with Crippen LogP contribution in [0.5, 0.6) is 0 Å². The standard InChI is InChI=1S/C45H71N7O7.C26H42N4O4.C18H29N3O3/c1-40(2,3)32(24-47-38(57)42(7,8)48-27-59-25-29-16-12-11-13-17-29)50-39(58)51-34(41(4,5)6)37(56)52-26-45(43(9,10)44(45)20-15-21-44)23-31(52)36(55)49-30(33(53)35(46)54)22-28-18-14-19-28;1-23(2,3)19(27)22(34)30-14-26(24(4,5)25(26)10-7-11-25)13-17(30)21(33)29-16(18(31)20(28)32)12-15-8-6-9-15;1-17(2,3)14(19)11-20-15(22)18(4,5)21-16(23)24-12-13-9-7-6-8-10-13/h11-13,16-17,28,30-32,34,48H,14-15,18-27H2,1-10H3,(H2,46,54)(H,47,57)(H,49,55)(H2,50,51,58);15-17,19H,6-14,27H2,1-5H3,(H2,28,32)(H,29,33);6-10,14H,11-12,19H2,1-5H3,(H,20,22)(H,21,23)/t30?,31-,32+,34+,45+;16?,17-,19+,26+;14-/m001/s1. The van der Waals surface area contributed by atoms with Crippen molar-refractivity contribution in [2.45, 2.75) is 314 Å². The van der Waals surface area contributed by atoms with Gasteiger partial charge >= 0.3 is 12.1 Å². The third-order valence-corrected chi connectivity index (χ3v) is 28.6. The number of nitrogens with one attached hydrogen (secondary N) is 8. The number of urea groups is 1. The SMILES string of the molecule is CC(C)(C)[C@H](N)C(=O)N1C[C@]2(C[C@H]1C(=O)NC(CC1CCC1)C(=O)C(N)=O)C(C)(C)C21CCC1.CC(C)(NC(=O)OCc1ccccc1)C(=O)NC[C@@H](N)C(C)(C)C.CC(C)(NCOCc1ccccc1)C(=O)NC[C@@H](NC(=O)N[C@H](C(=O)N1C[C@]2(C[C@H]1C(=O)NC(CC1CCC1)C(=O)C(N)=O)C(C)(C)C21CCC1)C(C)(C)C)C(C)(C)C. The number of hydrogen-bond donors (Lipinski definition) is 12. The molecule has 4 spiro atoms. The Morgan fingerprint density at radius 1 is 0.487 bits per heavy atom. The number of fused-ring (bicyclic) bond motifs is 2. The average molecular weight is 1630 g/mol. The van der Waals surface area contributed by atoms with Crippen LogP contribution < -0.4 is 65.5 Å².